The van der Waals surface area contributed by atoms with Crippen molar-refractivity contribution < 1.29 is 14.3 Å². The summed E-state index contributed by atoms with van der Waals surface area (Å²) in [6, 6.07) is 10.5. The second-order valence-electron chi connectivity index (χ2n) is 5.88. The highest BCUT2D eigenvalue weighted by molar-refractivity contribution is 6.10. The van der Waals surface area contributed by atoms with E-state index in [0.29, 0.717) is 33.2 Å². The first-order chi connectivity index (χ1) is 12.5. The van der Waals surface area contributed by atoms with Gasteiger partial charge in [0.25, 0.3) is 5.56 Å². The van der Waals surface area contributed by atoms with Gasteiger partial charge >= 0.3 is 5.97 Å². The number of benzene rings is 2. The first-order valence-corrected chi connectivity index (χ1v) is 7.87. The number of fused-ring (bicyclic) bond motifs is 3. The van der Waals surface area contributed by atoms with Crippen molar-refractivity contribution in [1.29, 1.82) is 0 Å². The zero-order valence-corrected chi connectivity index (χ0v) is 13.7. The minimum atomic E-state index is -1.03. The Kier molecular flexibility index (Phi) is 3.50. The van der Waals surface area contributed by atoms with E-state index in [1.807, 2.05) is 0 Å². The number of hydrogen-bond donors (Lipinski definition) is 3. The molecule has 6 nitrogen and oxygen atoms in total. The molecule has 0 amide bonds. The van der Waals surface area contributed by atoms with Gasteiger partial charge in [-0.1, -0.05) is 0 Å². The highest BCUT2D eigenvalue weighted by atomic mass is 19.1. The third-order valence-corrected chi connectivity index (χ3v) is 4.40. The van der Waals surface area contributed by atoms with Crippen LogP contribution < -0.4 is 10.9 Å². The average molecular weight is 351 g/mol. The van der Waals surface area contributed by atoms with E-state index in [4.69, 9.17) is 5.11 Å². The number of aromatic amines is 1. The van der Waals surface area contributed by atoms with E-state index in [1.54, 1.807) is 31.4 Å². The Balaban J connectivity index is 1.96. The summed E-state index contributed by atoms with van der Waals surface area (Å²) < 4.78 is 15.3. The van der Waals surface area contributed by atoms with Crippen molar-refractivity contribution in [2.75, 3.05) is 12.4 Å². The molecule has 7 heteroatoms. The van der Waals surface area contributed by atoms with Gasteiger partial charge in [-0.25, -0.2) is 9.18 Å². The van der Waals surface area contributed by atoms with Crippen LogP contribution in [0.25, 0.3) is 27.5 Å². The maximum Gasteiger partial charge on any atom is 0.335 e. The Hall–Kier alpha value is -3.61. The van der Waals surface area contributed by atoms with Crippen LogP contribution in [-0.2, 0) is 0 Å². The van der Waals surface area contributed by atoms with Crippen LogP contribution in [0.1, 0.15) is 10.4 Å². The summed E-state index contributed by atoms with van der Waals surface area (Å²) in [6.07, 6.45) is 1.59. The van der Waals surface area contributed by atoms with Crippen LogP contribution in [0, 0.1) is 5.82 Å². The molecule has 0 spiro atoms. The van der Waals surface area contributed by atoms with Crippen LogP contribution in [0.2, 0.25) is 0 Å². The molecule has 0 atom stereocenters. The lowest BCUT2D eigenvalue weighted by molar-refractivity contribution is 0.0697. The number of halogens is 1. The Morgan fingerprint density at radius 2 is 1.85 bits per heavy atom. The summed E-state index contributed by atoms with van der Waals surface area (Å²) in [5, 5.41) is 13.1. The molecule has 130 valence electrons. The SMILES string of the molecule is CNc1cc(F)cc2c1[nH]c1c(=O)n(-c3ccc(C(=O)O)cc3)ccc12. The van der Waals surface area contributed by atoms with Crippen molar-refractivity contribution in [3.05, 3.63) is 70.4 Å². The van der Waals surface area contributed by atoms with E-state index in [-0.39, 0.29) is 11.1 Å². The second-order valence-corrected chi connectivity index (χ2v) is 5.88. The van der Waals surface area contributed by atoms with Crippen LogP contribution in [0.3, 0.4) is 0 Å². The van der Waals surface area contributed by atoms with Crippen LogP contribution in [0.4, 0.5) is 10.1 Å². The topological polar surface area (TPSA) is 87.1 Å². The van der Waals surface area contributed by atoms with E-state index in [9.17, 15) is 14.0 Å². The van der Waals surface area contributed by atoms with Gasteiger partial charge in [-0.15, -0.1) is 0 Å². The van der Waals surface area contributed by atoms with Crippen LogP contribution in [0.15, 0.2) is 53.5 Å². The number of hydrogen-bond acceptors (Lipinski definition) is 3. The normalized spacial score (nSPS) is 11.2. The van der Waals surface area contributed by atoms with Crippen molar-refractivity contribution >= 4 is 33.5 Å². The fraction of sp³-hybridized carbons (Fsp3) is 0.0526. The van der Waals surface area contributed by atoms with Gasteiger partial charge in [0.1, 0.15) is 11.3 Å². The molecule has 2 heterocycles. The van der Waals surface area contributed by atoms with E-state index in [0.717, 1.165) is 0 Å². The average Bonchev–Trinajstić information content (AvgIpc) is 3.01. The molecule has 0 bridgehead atoms. The number of nitrogens with zero attached hydrogens (tertiary/aromatic N) is 1. The number of anilines is 1. The Bertz CT molecular complexity index is 1220. The minimum absolute atomic E-state index is 0.141. The molecule has 26 heavy (non-hydrogen) atoms. The Labute approximate surface area is 146 Å². The van der Waals surface area contributed by atoms with Crippen LogP contribution >= 0.6 is 0 Å². The van der Waals surface area contributed by atoms with Crippen molar-refractivity contribution in [2.45, 2.75) is 0 Å². The summed E-state index contributed by atoms with van der Waals surface area (Å²) >= 11 is 0. The third-order valence-electron chi connectivity index (χ3n) is 4.40. The number of H-pyrrole nitrogens is 1. The van der Waals surface area contributed by atoms with Crippen molar-refractivity contribution in [3.63, 3.8) is 0 Å². The number of rotatable bonds is 3. The quantitative estimate of drug-likeness (QED) is 0.528. The fourth-order valence-electron chi connectivity index (χ4n) is 3.13. The second kappa shape index (κ2) is 5.73. The van der Waals surface area contributed by atoms with E-state index in [2.05, 4.69) is 10.3 Å². The standard InChI is InChI=1S/C19H14FN3O3/c1-21-15-9-11(20)8-14-13-6-7-23(18(24)17(13)22-16(14)15)12-4-2-10(3-5-12)19(25)26/h2-9,21-22H,1H3,(H,25,26). The number of carbonyl (C=O) groups is 1. The van der Waals surface area contributed by atoms with Crippen molar-refractivity contribution in [2.24, 2.45) is 0 Å². The maximum absolute atomic E-state index is 13.9. The zero-order chi connectivity index (χ0) is 18.4. The molecule has 0 aliphatic rings. The molecule has 3 N–H and O–H groups in total. The number of aromatic carboxylic acids is 1. The molecule has 0 saturated carbocycles. The van der Waals surface area contributed by atoms with Crippen LogP contribution in [0.5, 0.6) is 0 Å². The van der Waals surface area contributed by atoms with Gasteiger partial charge in [0.15, 0.2) is 0 Å². The smallest absolute Gasteiger partial charge is 0.335 e. The van der Waals surface area contributed by atoms with Gasteiger partial charge in [0, 0.05) is 29.7 Å². The van der Waals surface area contributed by atoms with E-state index >= 15 is 0 Å². The van der Waals surface area contributed by atoms with E-state index < -0.39 is 11.8 Å². The molecule has 2 aromatic carbocycles. The lowest BCUT2D eigenvalue weighted by Gasteiger charge is -2.06. The first kappa shape index (κ1) is 15.9. The third kappa shape index (κ3) is 2.33. The molecule has 0 unspecified atom stereocenters. The van der Waals surface area contributed by atoms with Crippen molar-refractivity contribution in [3.8, 4) is 5.69 Å². The first-order valence-electron chi connectivity index (χ1n) is 7.87. The van der Waals surface area contributed by atoms with Gasteiger partial charge in [0.05, 0.1) is 16.8 Å². The molecular formula is C19H14FN3O3. The maximum atomic E-state index is 13.9. The summed E-state index contributed by atoms with van der Waals surface area (Å²) in [5.74, 6) is -1.42. The summed E-state index contributed by atoms with van der Waals surface area (Å²) in [5.41, 5.74) is 1.95. The molecular weight excluding hydrogens is 337 g/mol. The molecule has 0 aliphatic heterocycles. The van der Waals surface area contributed by atoms with Crippen LogP contribution in [-0.4, -0.2) is 27.7 Å². The van der Waals surface area contributed by atoms with Gasteiger partial charge in [-0.2, -0.15) is 0 Å². The number of carboxylic acids is 1. The van der Waals surface area contributed by atoms with E-state index in [1.165, 1.54) is 28.8 Å². The molecule has 0 aliphatic carbocycles. The summed E-state index contributed by atoms with van der Waals surface area (Å²) in [4.78, 5) is 26.9. The molecule has 4 rings (SSSR count). The van der Waals surface area contributed by atoms with Crippen molar-refractivity contribution in [1.82, 2.24) is 9.55 Å². The largest absolute Gasteiger partial charge is 0.478 e. The molecule has 2 aromatic heterocycles. The number of aromatic nitrogens is 2. The lowest BCUT2D eigenvalue weighted by Crippen LogP contribution is -2.17. The number of nitrogens with one attached hydrogen (secondary N) is 2. The van der Waals surface area contributed by atoms with Gasteiger partial charge < -0.3 is 15.4 Å². The fourth-order valence-corrected chi connectivity index (χ4v) is 3.13. The van der Waals surface area contributed by atoms with Gasteiger partial charge in [-0.3, -0.25) is 9.36 Å². The monoisotopic (exact) mass is 351 g/mol. The minimum Gasteiger partial charge on any atom is -0.478 e. The van der Waals surface area contributed by atoms with Gasteiger partial charge in [-0.05, 0) is 42.5 Å². The Morgan fingerprint density at radius 3 is 2.50 bits per heavy atom. The number of carboxylic acid groups (broad SMARTS) is 1. The predicted octanol–water partition coefficient (Wildman–Crippen LogP) is 3.35. The zero-order valence-electron chi connectivity index (χ0n) is 13.7. The Morgan fingerprint density at radius 1 is 1.12 bits per heavy atom. The summed E-state index contributed by atoms with van der Waals surface area (Å²) in [7, 11) is 1.68. The molecule has 0 saturated heterocycles. The molecule has 0 fully saturated rings. The number of pyridine rings is 1. The highest BCUT2D eigenvalue weighted by Crippen LogP contribution is 2.30. The molecule has 0 radical (unpaired) electrons. The lowest BCUT2D eigenvalue weighted by atomic mass is 10.1. The molecule has 4 aromatic rings. The summed E-state index contributed by atoms with van der Waals surface area (Å²) in [6.45, 7) is 0. The van der Waals surface area contributed by atoms with Gasteiger partial charge in [0.2, 0.25) is 0 Å². The predicted molar refractivity (Wildman–Crippen MR) is 97.9 cm³/mol. The highest BCUT2D eigenvalue weighted by Gasteiger charge is 2.14.